The van der Waals surface area contributed by atoms with Crippen LogP contribution in [0.1, 0.15) is 32.1 Å². The fourth-order valence-electron chi connectivity index (χ4n) is 3.65. The molecule has 1 aliphatic rings. The molecule has 0 spiro atoms. The summed E-state index contributed by atoms with van der Waals surface area (Å²) in [6.07, 6.45) is 8.61. The van der Waals surface area contributed by atoms with Crippen LogP contribution in [-0.4, -0.2) is 15.4 Å². The van der Waals surface area contributed by atoms with Crippen LogP contribution in [-0.2, 0) is 17.1 Å². The molecule has 4 aromatic rings. The Labute approximate surface area is 185 Å². The standard InChI is InChI=1S/C18H19BrN3.C5H5.Fe/c19-14-10-11-16-21-17(13-6-4-5-7-13)18(22(16)12-14)20-15-8-2-1-3-9-15;1-2-4-5-3-1;/h4-7,10-12,15,20H,1-3,8-9H2;1-5H;/q2*-1;+2. The van der Waals surface area contributed by atoms with Crippen LogP contribution in [0.5, 0.6) is 0 Å². The zero-order valence-electron chi connectivity index (χ0n) is 15.7. The van der Waals surface area contributed by atoms with E-state index in [2.05, 4.69) is 62.2 Å². The van der Waals surface area contributed by atoms with Crippen LogP contribution < -0.4 is 5.32 Å². The molecule has 1 fully saturated rings. The van der Waals surface area contributed by atoms with Crippen LogP contribution >= 0.6 is 15.9 Å². The minimum Gasteiger partial charge on any atom is -0.405 e. The molecule has 2 aromatic heterocycles. The van der Waals surface area contributed by atoms with E-state index in [4.69, 9.17) is 4.98 Å². The van der Waals surface area contributed by atoms with Crippen molar-refractivity contribution in [3.8, 4) is 11.3 Å². The van der Waals surface area contributed by atoms with Gasteiger partial charge in [-0.15, -0.1) is 12.1 Å². The molecule has 2 aromatic carbocycles. The predicted octanol–water partition coefficient (Wildman–Crippen LogP) is 6.63. The zero-order valence-corrected chi connectivity index (χ0v) is 18.4. The number of pyridine rings is 1. The topological polar surface area (TPSA) is 29.3 Å². The Morgan fingerprint density at radius 2 is 1.75 bits per heavy atom. The molecule has 1 saturated carbocycles. The van der Waals surface area contributed by atoms with E-state index in [1.165, 1.54) is 37.7 Å². The predicted molar refractivity (Wildman–Crippen MR) is 116 cm³/mol. The second-order valence-electron chi connectivity index (χ2n) is 7.00. The molecule has 1 N–H and O–H groups in total. The molecule has 1 aliphatic carbocycles. The van der Waals surface area contributed by atoms with Gasteiger partial charge in [0.2, 0.25) is 0 Å². The minimum atomic E-state index is 0. The second kappa shape index (κ2) is 10.1. The second-order valence-corrected chi connectivity index (χ2v) is 7.92. The van der Waals surface area contributed by atoms with E-state index in [-0.39, 0.29) is 17.1 Å². The van der Waals surface area contributed by atoms with Crippen LogP contribution in [0.25, 0.3) is 16.9 Å². The van der Waals surface area contributed by atoms with Crippen LogP contribution in [0.3, 0.4) is 0 Å². The van der Waals surface area contributed by atoms with Gasteiger partial charge in [-0.3, -0.25) is 0 Å². The van der Waals surface area contributed by atoms with Gasteiger partial charge in [-0.2, -0.15) is 30.3 Å². The van der Waals surface area contributed by atoms with Gasteiger partial charge in [-0.1, -0.05) is 24.8 Å². The smallest absolute Gasteiger partial charge is 0.405 e. The van der Waals surface area contributed by atoms with E-state index in [0.29, 0.717) is 6.04 Å². The summed E-state index contributed by atoms with van der Waals surface area (Å²) in [5, 5.41) is 3.77. The molecule has 5 heteroatoms. The summed E-state index contributed by atoms with van der Waals surface area (Å²) in [5.74, 6) is 1.12. The molecule has 0 aliphatic heterocycles. The average Bonchev–Trinajstić information content (AvgIpc) is 3.46. The van der Waals surface area contributed by atoms with Crippen molar-refractivity contribution >= 4 is 27.4 Å². The number of imidazole rings is 1. The Bertz CT molecular complexity index is 934. The van der Waals surface area contributed by atoms with Crippen LogP contribution in [0.4, 0.5) is 5.82 Å². The first kappa shape index (κ1) is 20.9. The van der Waals surface area contributed by atoms with Crippen molar-refractivity contribution in [3.63, 3.8) is 0 Å². The first-order valence-electron chi connectivity index (χ1n) is 9.64. The van der Waals surface area contributed by atoms with Gasteiger partial charge in [-0.25, -0.2) is 17.1 Å². The van der Waals surface area contributed by atoms with Crippen molar-refractivity contribution in [1.29, 1.82) is 0 Å². The number of halogens is 1. The van der Waals surface area contributed by atoms with Gasteiger partial charge in [0.25, 0.3) is 0 Å². The van der Waals surface area contributed by atoms with Crippen LogP contribution in [0.15, 0.2) is 77.4 Å². The minimum absolute atomic E-state index is 0. The van der Waals surface area contributed by atoms with E-state index in [1.807, 2.05) is 36.4 Å². The van der Waals surface area contributed by atoms with Crippen molar-refractivity contribution in [2.75, 3.05) is 5.32 Å². The van der Waals surface area contributed by atoms with Gasteiger partial charge in [0.1, 0.15) is 5.65 Å². The van der Waals surface area contributed by atoms with Gasteiger partial charge < -0.3 is 9.72 Å². The Hall–Kier alpha value is -1.81. The molecule has 5 rings (SSSR count). The molecule has 0 radical (unpaired) electrons. The van der Waals surface area contributed by atoms with E-state index in [0.717, 1.165) is 21.6 Å². The van der Waals surface area contributed by atoms with E-state index >= 15 is 0 Å². The summed E-state index contributed by atoms with van der Waals surface area (Å²) < 4.78 is 3.24. The zero-order chi connectivity index (χ0) is 18.5. The Morgan fingerprint density at radius 1 is 1.04 bits per heavy atom. The number of hydrogen-bond donors (Lipinski definition) is 1. The van der Waals surface area contributed by atoms with Crippen molar-refractivity contribution in [3.05, 3.63) is 77.4 Å². The maximum Gasteiger partial charge on any atom is 2.00 e. The number of rotatable bonds is 3. The molecule has 146 valence electrons. The third kappa shape index (κ3) is 4.96. The summed E-state index contributed by atoms with van der Waals surface area (Å²) in [6.45, 7) is 0. The van der Waals surface area contributed by atoms with Crippen molar-refractivity contribution in [2.45, 2.75) is 38.1 Å². The van der Waals surface area contributed by atoms with Crippen LogP contribution in [0.2, 0.25) is 0 Å². The van der Waals surface area contributed by atoms with Crippen molar-refractivity contribution in [1.82, 2.24) is 9.38 Å². The van der Waals surface area contributed by atoms with Gasteiger partial charge in [0, 0.05) is 22.4 Å². The summed E-state index contributed by atoms with van der Waals surface area (Å²) in [5.41, 5.74) is 3.21. The van der Waals surface area contributed by atoms with Gasteiger partial charge in [0.15, 0.2) is 0 Å². The Morgan fingerprint density at radius 3 is 2.39 bits per heavy atom. The summed E-state index contributed by atoms with van der Waals surface area (Å²) >= 11 is 3.57. The van der Waals surface area contributed by atoms with Crippen LogP contribution in [0, 0.1) is 0 Å². The molecule has 28 heavy (non-hydrogen) atoms. The molecule has 2 heterocycles. The molecule has 0 unspecified atom stereocenters. The number of fused-ring (bicyclic) bond motifs is 1. The molecule has 0 amide bonds. The van der Waals surface area contributed by atoms with Crippen molar-refractivity contribution < 1.29 is 17.1 Å². The Kier molecular flexibility index (Phi) is 7.55. The quantitative estimate of drug-likeness (QED) is 0.265. The Balaban J connectivity index is 0.000000329. The fourth-order valence-corrected chi connectivity index (χ4v) is 3.99. The fraction of sp³-hybridized carbons (Fsp3) is 0.261. The molecular weight excluding hydrogens is 454 g/mol. The van der Waals surface area contributed by atoms with Gasteiger partial charge in [0.05, 0.1) is 5.82 Å². The molecule has 3 nitrogen and oxygen atoms in total. The number of nitrogens with zero attached hydrogens (tertiary/aromatic N) is 2. The number of nitrogens with one attached hydrogen (secondary N) is 1. The normalized spacial score (nSPS) is 14.2. The maximum atomic E-state index is 4.84. The molecule has 0 bridgehead atoms. The third-order valence-corrected chi connectivity index (χ3v) is 5.49. The van der Waals surface area contributed by atoms with E-state index < -0.39 is 0 Å². The van der Waals surface area contributed by atoms with Gasteiger partial charge in [-0.05, 0) is 40.9 Å². The number of anilines is 1. The number of aromatic nitrogens is 2. The molecule has 0 saturated heterocycles. The average molecular weight is 478 g/mol. The SMILES string of the molecule is Brc1ccc2nc(-[c-]3cccc3)c(NC3CCCCC3)n2c1.[Fe+2].c1cc[cH-]c1. The first-order valence-corrected chi connectivity index (χ1v) is 10.4. The number of hydrogen-bond acceptors (Lipinski definition) is 2. The molecular formula is C23H24BrFeN3. The summed E-state index contributed by atoms with van der Waals surface area (Å²) in [7, 11) is 0. The first-order chi connectivity index (χ1) is 13.3. The summed E-state index contributed by atoms with van der Waals surface area (Å²) in [4.78, 5) is 4.84. The maximum absolute atomic E-state index is 4.84. The van der Waals surface area contributed by atoms with Gasteiger partial charge >= 0.3 is 17.1 Å². The van der Waals surface area contributed by atoms with E-state index in [9.17, 15) is 0 Å². The van der Waals surface area contributed by atoms with Crippen molar-refractivity contribution in [2.24, 2.45) is 0 Å². The monoisotopic (exact) mass is 477 g/mol. The van der Waals surface area contributed by atoms with E-state index in [1.54, 1.807) is 0 Å². The largest absolute Gasteiger partial charge is 2.00 e. The summed E-state index contributed by atoms with van der Waals surface area (Å²) in [6, 6.07) is 23.1. The molecule has 0 atom stereocenters. The third-order valence-electron chi connectivity index (χ3n) is 5.02.